The van der Waals surface area contributed by atoms with Crippen LogP contribution in [-0.2, 0) is 4.79 Å². The summed E-state index contributed by atoms with van der Waals surface area (Å²) in [5.74, 6) is 0.752. The number of hydrogen-bond donors (Lipinski definition) is 2. The molecule has 1 saturated carbocycles. The van der Waals surface area contributed by atoms with Crippen LogP contribution in [0.3, 0.4) is 0 Å². The summed E-state index contributed by atoms with van der Waals surface area (Å²) in [5.41, 5.74) is 4.88. The van der Waals surface area contributed by atoms with Crippen LogP contribution in [0.5, 0.6) is 0 Å². The van der Waals surface area contributed by atoms with E-state index >= 15 is 0 Å². The highest BCUT2D eigenvalue weighted by molar-refractivity contribution is 7.14. The van der Waals surface area contributed by atoms with Crippen molar-refractivity contribution in [2.45, 2.75) is 70.4 Å². The van der Waals surface area contributed by atoms with Gasteiger partial charge in [-0.3, -0.25) is 9.78 Å². The third-order valence-corrected chi connectivity index (χ3v) is 9.54. The van der Waals surface area contributed by atoms with Crippen LogP contribution in [0, 0.1) is 17.2 Å². The second kappa shape index (κ2) is 12.2. The molecule has 4 aromatic heterocycles. The monoisotopic (exact) mass is 583 g/mol. The minimum Gasteiger partial charge on any atom is -0.382 e. The first-order chi connectivity index (χ1) is 20.4. The number of carbonyl (C=O) groups is 1. The van der Waals surface area contributed by atoms with Gasteiger partial charge in [0, 0.05) is 35.8 Å². The Morgan fingerprint density at radius 3 is 2.60 bits per heavy atom. The summed E-state index contributed by atoms with van der Waals surface area (Å²) < 4.78 is 1.80. The number of nitriles is 1. The molecule has 0 atom stereocenters. The lowest BCUT2D eigenvalue weighted by molar-refractivity contribution is -0.127. The minimum absolute atomic E-state index is 0.155. The van der Waals surface area contributed by atoms with Crippen molar-refractivity contribution in [3.8, 4) is 28.0 Å². The average Bonchev–Trinajstić information content (AvgIpc) is 3.65. The molecule has 0 unspecified atom stereocenters. The maximum atomic E-state index is 12.8. The van der Waals surface area contributed by atoms with E-state index in [2.05, 4.69) is 57.8 Å². The summed E-state index contributed by atoms with van der Waals surface area (Å²) in [6.45, 7) is 6.22. The van der Waals surface area contributed by atoms with E-state index in [9.17, 15) is 10.1 Å². The third kappa shape index (κ3) is 6.01. The van der Waals surface area contributed by atoms with Crippen molar-refractivity contribution in [3.05, 3.63) is 47.2 Å². The number of aromatic nitrogens is 5. The fraction of sp³-hybridized carbons (Fsp3) is 0.484. The van der Waals surface area contributed by atoms with Crippen molar-refractivity contribution in [2.24, 2.45) is 5.92 Å². The van der Waals surface area contributed by atoms with Gasteiger partial charge in [-0.1, -0.05) is 11.3 Å². The van der Waals surface area contributed by atoms with Gasteiger partial charge in [-0.25, -0.2) is 4.52 Å². The Hall–Kier alpha value is -3.88. The molecule has 2 N–H and O–H groups in total. The predicted molar refractivity (Wildman–Crippen MR) is 164 cm³/mol. The van der Waals surface area contributed by atoms with E-state index < -0.39 is 0 Å². The lowest BCUT2D eigenvalue weighted by atomic mass is 9.86. The highest BCUT2D eigenvalue weighted by Gasteiger charge is 2.29. The smallest absolute Gasteiger partial charge is 0.223 e. The number of fused-ring (bicyclic) bond motifs is 1. The molecule has 11 heteroatoms. The summed E-state index contributed by atoms with van der Waals surface area (Å²) in [4.78, 5) is 19.9. The Morgan fingerprint density at radius 2 is 1.86 bits per heavy atom. The summed E-state index contributed by atoms with van der Waals surface area (Å²) in [6, 6.07) is 10.4. The normalized spacial score (nSPS) is 20.1. The highest BCUT2D eigenvalue weighted by Crippen LogP contribution is 2.39. The van der Waals surface area contributed by atoms with Crippen LogP contribution < -0.4 is 10.6 Å². The number of amides is 1. The number of nitrogens with one attached hydrogen (secondary N) is 2. The van der Waals surface area contributed by atoms with E-state index in [0.717, 1.165) is 89.8 Å². The maximum absolute atomic E-state index is 12.8. The fourth-order valence-electron chi connectivity index (χ4n) is 6.03. The second-order valence-electron chi connectivity index (χ2n) is 11.9. The van der Waals surface area contributed by atoms with Crippen molar-refractivity contribution in [3.63, 3.8) is 0 Å². The van der Waals surface area contributed by atoms with E-state index in [1.54, 1.807) is 22.0 Å². The van der Waals surface area contributed by atoms with Gasteiger partial charge in [0.25, 0.3) is 0 Å². The lowest BCUT2D eigenvalue weighted by Crippen LogP contribution is -2.44. The fourth-order valence-corrected chi connectivity index (χ4v) is 7.07. The van der Waals surface area contributed by atoms with Crippen LogP contribution in [0.2, 0.25) is 0 Å². The van der Waals surface area contributed by atoms with Gasteiger partial charge in [-0.2, -0.15) is 10.4 Å². The van der Waals surface area contributed by atoms with Gasteiger partial charge in [0.2, 0.25) is 5.91 Å². The molecule has 6 rings (SSSR count). The van der Waals surface area contributed by atoms with Crippen LogP contribution in [0.15, 0.2) is 36.7 Å². The van der Waals surface area contributed by atoms with Crippen molar-refractivity contribution in [1.82, 2.24) is 35.0 Å². The molecule has 2 aliphatic rings. The Morgan fingerprint density at radius 1 is 1.07 bits per heavy atom. The van der Waals surface area contributed by atoms with Crippen molar-refractivity contribution in [1.29, 1.82) is 5.26 Å². The highest BCUT2D eigenvalue weighted by atomic mass is 32.1. The Bertz CT molecular complexity index is 1600. The van der Waals surface area contributed by atoms with Crippen molar-refractivity contribution >= 4 is 28.4 Å². The number of piperidine rings is 1. The molecule has 0 aromatic carbocycles. The first-order valence-corrected chi connectivity index (χ1v) is 15.7. The third-order valence-electron chi connectivity index (χ3n) is 8.42. The molecule has 1 saturated heterocycles. The van der Waals surface area contributed by atoms with Gasteiger partial charge >= 0.3 is 0 Å². The first-order valence-electron chi connectivity index (χ1n) is 14.9. The largest absolute Gasteiger partial charge is 0.382 e. The number of anilines is 1. The van der Waals surface area contributed by atoms with Gasteiger partial charge < -0.3 is 15.5 Å². The second-order valence-corrected chi connectivity index (χ2v) is 12.9. The van der Waals surface area contributed by atoms with E-state index in [4.69, 9.17) is 4.98 Å². The van der Waals surface area contributed by atoms with E-state index in [1.165, 1.54) is 0 Å². The number of carbonyl (C=O) groups excluding carboxylic acids is 1. The SMILES string of the molecule is CC(C)Nc1cc(-c2ccc3cc(C#N)cnn23)ncc1-c1nnc([C@H]2CC[C@H](NC(=O)C3CCN(C)CC3)CC2)s1. The Labute approximate surface area is 250 Å². The molecule has 42 heavy (non-hydrogen) atoms. The van der Waals surface area contributed by atoms with Crippen molar-refractivity contribution < 1.29 is 4.79 Å². The molecule has 218 valence electrons. The predicted octanol–water partition coefficient (Wildman–Crippen LogP) is 5.09. The summed E-state index contributed by atoms with van der Waals surface area (Å²) >= 11 is 1.64. The zero-order chi connectivity index (χ0) is 29.2. The lowest BCUT2D eigenvalue weighted by Gasteiger charge is -2.32. The summed E-state index contributed by atoms with van der Waals surface area (Å²) in [6.07, 6.45) is 9.30. The molecule has 2 fully saturated rings. The van der Waals surface area contributed by atoms with Crippen molar-refractivity contribution in [2.75, 3.05) is 25.5 Å². The number of nitrogens with zero attached hydrogens (tertiary/aromatic N) is 7. The average molecular weight is 584 g/mol. The van der Waals surface area contributed by atoms with Gasteiger partial charge in [0.1, 0.15) is 11.1 Å². The van der Waals surface area contributed by atoms with E-state index in [1.807, 2.05) is 30.5 Å². The quantitative estimate of drug-likeness (QED) is 0.308. The minimum atomic E-state index is 0.155. The number of pyridine rings is 1. The topological polar surface area (TPSA) is 124 Å². The zero-order valence-electron chi connectivity index (χ0n) is 24.4. The molecule has 1 aliphatic carbocycles. The van der Waals surface area contributed by atoms with Gasteiger partial charge in [-0.05, 0) is 96.8 Å². The number of hydrogen-bond acceptors (Lipinski definition) is 9. The summed E-state index contributed by atoms with van der Waals surface area (Å²) in [5, 5.41) is 31.7. The van der Waals surface area contributed by atoms with Crippen LogP contribution in [0.25, 0.3) is 27.5 Å². The molecule has 1 amide bonds. The van der Waals surface area contributed by atoms with Crippen LogP contribution >= 0.6 is 11.3 Å². The molecule has 1 aliphatic heterocycles. The van der Waals surface area contributed by atoms with Crippen LogP contribution in [0.4, 0.5) is 5.69 Å². The maximum Gasteiger partial charge on any atom is 0.223 e. The molecule has 0 bridgehead atoms. The number of likely N-dealkylation sites (tertiary alicyclic amines) is 1. The summed E-state index contributed by atoms with van der Waals surface area (Å²) in [7, 11) is 2.12. The van der Waals surface area contributed by atoms with Gasteiger partial charge in [0.05, 0.1) is 34.2 Å². The van der Waals surface area contributed by atoms with Gasteiger partial charge in [-0.15, -0.1) is 10.2 Å². The van der Waals surface area contributed by atoms with Gasteiger partial charge in [0.15, 0.2) is 5.01 Å². The molecule has 0 radical (unpaired) electrons. The molecular formula is C31H37N9OS. The molecule has 0 spiro atoms. The first kappa shape index (κ1) is 28.2. The van der Waals surface area contributed by atoms with Crippen LogP contribution in [0.1, 0.15) is 68.9 Å². The molecule has 10 nitrogen and oxygen atoms in total. The standard InChI is InChI=1S/C31H37N9OS/c1-19(2)35-26-15-27(28-9-8-24-14-20(16-32)17-34-40(24)28)33-18-25(26)31-38-37-30(42-31)22-4-6-23(7-5-22)36-29(41)21-10-12-39(3)13-11-21/h8-9,14-15,17-19,21-23H,4-7,10-13H2,1-3H3,(H,33,35)(H,36,41)/t22-,23-. The molecular weight excluding hydrogens is 546 g/mol. The zero-order valence-corrected chi connectivity index (χ0v) is 25.2. The van der Waals surface area contributed by atoms with Crippen LogP contribution in [-0.4, -0.2) is 67.8 Å². The Kier molecular flexibility index (Phi) is 8.18. The van der Waals surface area contributed by atoms with E-state index in [-0.39, 0.29) is 23.9 Å². The van der Waals surface area contributed by atoms with E-state index in [0.29, 0.717) is 11.5 Å². The molecule has 4 aromatic rings. The number of rotatable bonds is 7. The Balaban J connectivity index is 1.15. The molecule has 5 heterocycles.